The van der Waals surface area contributed by atoms with Gasteiger partial charge in [-0.3, -0.25) is 19.3 Å². The van der Waals surface area contributed by atoms with Gasteiger partial charge in [0, 0.05) is 5.69 Å². The van der Waals surface area contributed by atoms with Gasteiger partial charge in [0.25, 0.3) is 11.1 Å². The molecule has 0 bridgehead atoms. The molecule has 3 aromatic carbocycles. The molecule has 1 aliphatic heterocycles. The molecule has 1 heterocycles. The van der Waals surface area contributed by atoms with E-state index in [1.54, 1.807) is 60.7 Å². The number of hydrogen-bond donors (Lipinski definition) is 1. The number of amides is 3. The number of carbonyl (C=O) groups is 3. The van der Waals surface area contributed by atoms with E-state index in [1.165, 1.54) is 7.11 Å². The average Bonchev–Trinajstić information content (AvgIpc) is 3.18. The Morgan fingerprint density at radius 2 is 1.80 bits per heavy atom. The van der Waals surface area contributed by atoms with Crippen molar-refractivity contribution < 1.29 is 28.6 Å². The second-order valence-corrected chi connectivity index (χ2v) is 11.0. The van der Waals surface area contributed by atoms with Crippen LogP contribution in [0.1, 0.15) is 18.1 Å². The van der Waals surface area contributed by atoms with Crippen LogP contribution in [0, 0.1) is 0 Å². The second kappa shape index (κ2) is 13.5. The van der Waals surface area contributed by atoms with Gasteiger partial charge in [-0.05, 0) is 100 Å². The molecule has 1 fully saturated rings. The summed E-state index contributed by atoms with van der Waals surface area (Å²) >= 11 is 16.3. The number of benzene rings is 3. The van der Waals surface area contributed by atoms with Gasteiger partial charge in [-0.2, -0.15) is 0 Å². The minimum atomic E-state index is -0.563. The molecule has 40 heavy (non-hydrogen) atoms. The fourth-order valence-corrected chi connectivity index (χ4v) is 5.41. The van der Waals surface area contributed by atoms with Gasteiger partial charge >= 0.3 is 0 Å². The Morgan fingerprint density at radius 3 is 2.48 bits per heavy atom. The molecule has 1 saturated heterocycles. The summed E-state index contributed by atoms with van der Waals surface area (Å²) in [5.74, 6) is 0.470. The summed E-state index contributed by atoms with van der Waals surface area (Å²) in [5.41, 5.74) is 1.93. The monoisotopic (exact) mass is 664 g/mol. The summed E-state index contributed by atoms with van der Waals surface area (Å²) in [4.78, 5) is 39.1. The highest BCUT2D eigenvalue weighted by molar-refractivity contribution is 9.10. The Kier molecular flexibility index (Phi) is 10.0. The fraction of sp³-hybridized carbons (Fsp3) is 0.179. The maximum atomic E-state index is 13.0. The van der Waals surface area contributed by atoms with Gasteiger partial charge in [0.2, 0.25) is 5.91 Å². The number of anilines is 1. The van der Waals surface area contributed by atoms with Gasteiger partial charge in [-0.15, -0.1) is 0 Å². The van der Waals surface area contributed by atoms with Crippen LogP contribution in [0.15, 0.2) is 64.0 Å². The van der Waals surface area contributed by atoms with Crippen LogP contribution >= 0.6 is 50.9 Å². The van der Waals surface area contributed by atoms with Gasteiger partial charge < -0.3 is 19.5 Å². The van der Waals surface area contributed by atoms with Crippen molar-refractivity contribution in [1.82, 2.24) is 4.90 Å². The summed E-state index contributed by atoms with van der Waals surface area (Å²) in [5, 5.41) is 3.02. The van der Waals surface area contributed by atoms with Crippen LogP contribution in [0.4, 0.5) is 10.5 Å². The third-order valence-corrected chi connectivity index (χ3v) is 7.78. The molecule has 0 atom stereocenters. The number of ether oxygens (including phenoxy) is 3. The summed E-state index contributed by atoms with van der Waals surface area (Å²) in [6.45, 7) is 2.20. The molecule has 1 aliphatic rings. The molecule has 1 N–H and O–H groups in total. The van der Waals surface area contributed by atoms with Crippen LogP contribution in [-0.4, -0.2) is 42.2 Å². The zero-order valence-corrected chi connectivity index (χ0v) is 25.2. The van der Waals surface area contributed by atoms with Crippen LogP contribution in [0.5, 0.6) is 17.2 Å². The van der Waals surface area contributed by atoms with E-state index in [4.69, 9.17) is 37.4 Å². The lowest BCUT2D eigenvalue weighted by Crippen LogP contribution is -2.36. The lowest BCUT2D eigenvalue weighted by Gasteiger charge is -2.14. The Hall–Kier alpha value is -3.18. The van der Waals surface area contributed by atoms with E-state index in [0.29, 0.717) is 49.6 Å². The number of rotatable bonds is 10. The van der Waals surface area contributed by atoms with Crippen LogP contribution in [0.3, 0.4) is 0 Å². The summed E-state index contributed by atoms with van der Waals surface area (Å²) in [6.07, 6.45) is 1.56. The van der Waals surface area contributed by atoms with E-state index >= 15 is 0 Å². The lowest BCUT2D eigenvalue weighted by molar-refractivity contribution is -0.127. The topological polar surface area (TPSA) is 94.2 Å². The number of halogens is 3. The van der Waals surface area contributed by atoms with Crippen molar-refractivity contribution >= 4 is 79.7 Å². The first-order valence-corrected chi connectivity index (χ1v) is 14.3. The molecular weight excluding hydrogens is 643 g/mol. The van der Waals surface area contributed by atoms with E-state index in [1.807, 2.05) is 6.92 Å². The molecule has 3 amide bonds. The first-order chi connectivity index (χ1) is 19.2. The van der Waals surface area contributed by atoms with Gasteiger partial charge in [0.1, 0.15) is 18.9 Å². The molecule has 0 radical (unpaired) electrons. The Balaban J connectivity index is 1.43. The molecule has 8 nitrogen and oxygen atoms in total. The van der Waals surface area contributed by atoms with E-state index in [9.17, 15) is 14.4 Å². The highest BCUT2D eigenvalue weighted by atomic mass is 79.9. The van der Waals surface area contributed by atoms with Crippen molar-refractivity contribution in [2.24, 2.45) is 0 Å². The van der Waals surface area contributed by atoms with Gasteiger partial charge in [0.05, 0.1) is 33.1 Å². The summed E-state index contributed by atoms with van der Waals surface area (Å²) in [7, 11) is 1.49. The van der Waals surface area contributed by atoms with Crippen molar-refractivity contribution in [2.45, 2.75) is 13.5 Å². The number of imide groups is 1. The zero-order valence-electron chi connectivity index (χ0n) is 21.3. The Bertz CT molecular complexity index is 1480. The molecule has 0 aliphatic carbocycles. The maximum absolute atomic E-state index is 13.0. The van der Waals surface area contributed by atoms with E-state index < -0.39 is 23.6 Å². The number of carbonyl (C=O) groups excluding carboxylic acids is 3. The predicted molar refractivity (Wildman–Crippen MR) is 160 cm³/mol. The minimum absolute atomic E-state index is 0.178. The molecule has 0 aromatic heterocycles. The van der Waals surface area contributed by atoms with Gasteiger partial charge in [-0.25, -0.2) is 0 Å². The number of nitrogens with zero attached hydrogens (tertiary/aromatic N) is 1. The highest BCUT2D eigenvalue weighted by Gasteiger charge is 2.36. The minimum Gasteiger partial charge on any atom is -0.494 e. The average molecular weight is 666 g/mol. The van der Waals surface area contributed by atoms with Crippen molar-refractivity contribution in [3.63, 3.8) is 0 Å². The molecule has 0 spiro atoms. The number of nitrogens with one attached hydrogen (secondary N) is 1. The summed E-state index contributed by atoms with van der Waals surface area (Å²) < 4.78 is 17.4. The highest BCUT2D eigenvalue weighted by Crippen LogP contribution is 2.39. The third-order valence-electron chi connectivity index (χ3n) is 5.54. The van der Waals surface area contributed by atoms with Crippen molar-refractivity contribution in [2.75, 3.05) is 25.6 Å². The van der Waals surface area contributed by atoms with Gasteiger partial charge in [0.15, 0.2) is 11.5 Å². The lowest BCUT2D eigenvalue weighted by atomic mass is 10.1. The second-order valence-electron chi connectivity index (χ2n) is 8.34. The molecule has 3 aromatic rings. The largest absolute Gasteiger partial charge is 0.494 e. The van der Waals surface area contributed by atoms with Crippen molar-refractivity contribution in [3.8, 4) is 17.2 Å². The Labute approximate surface area is 253 Å². The standard InChI is InChI=1S/C28H23BrCl2N2O6S/c1-3-38-19-7-5-18(6-8-19)32-25(34)14-33-27(35)24(40-28(33)36)13-17-10-20(29)26(23(12-17)37-2)39-15-16-4-9-21(30)22(31)11-16/h4-13H,3,14-15H2,1-2H3,(H,32,34)/b24-13+. The molecule has 4 rings (SSSR count). The fourth-order valence-electron chi connectivity index (χ4n) is 3.68. The Morgan fingerprint density at radius 1 is 1.05 bits per heavy atom. The molecule has 0 unspecified atom stereocenters. The first kappa shape index (κ1) is 29.8. The molecule has 12 heteroatoms. The number of methoxy groups -OCH3 is 1. The number of thioether (sulfide) groups is 1. The zero-order chi connectivity index (χ0) is 28.8. The van der Waals surface area contributed by atoms with Gasteiger partial charge in [-0.1, -0.05) is 29.3 Å². The van der Waals surface area contributed by atoms with E-state index in [0.717, 1.165) is 22.2 Å². The molecular formula is C28H23BrCl2N2O6S. The SMILES string of the molecule is CCOc1ccc(NC(=O)CN2C(=O)S/C(=C/c3cc(Br)c(OCc4ccc(Cl)c(Cl)c4)c(OC)c3)C2=O)cc1. The number of hydrogen-bond acceptors (Lipinski definition) is 7. The first-order valence-electron chi connectivity index (χ1n) is 11.9. The van der Waals surface area contributed by atoms with Crippen LogP contribution in [0.2, 0.25) is 10.0 Å². The van der Waals surface area contributed by atoms with Crippen molar-refractivity contribution in [1.29, 1.82) is 0 Å². The third kappa shape index (κ3) is 7.31. The maximum Gasteiger partial charge on any atom is 0.294 e. The molecule has 0 saturated carbocycles. The van der Waals surface area contributed by atoms with Crippen LogP contribution < -0.4 is 19.5 Å². The smallest absolute Gasteiger partial charge is 0.294 e. The summed E-state index contributed by atoms with van der Waals surface area (Å²) in [6, 6.07) is 15.4. The quantitative estimate of drug-likeness (QED) is 0.225. The van der Waals surface area contributed by atoms with E-state index in [-0.39, 0.29) is 11.5 Å². The van der Waals surface area contributed by atoms with E-state index in [2.05, 4.69) is 21.2 Å². The van der Waals surface area contributed by atoms with Crippen molar-refractivity contribution in [3.05, 3.63) is 85.1 Å². The normalized spacial score (nSPS) is 14.0. The van der Waals surface area contributed by atoms with Crippen LogP contribution in [-0.2, 0) is 16.2 Å². The predicted octanol–water partition coefficient (Wildman–Crippen LogP) is 7.42. The molecule has 208 valence electrons. The van der Waals surface area contributed by atoms with Crippen LogP contribution in [0.25, 0.3) is 6.08 Å².